The van der Waals surface area contributed by atoms with Gasteiger partial charge < -0.3 is 15.2 Å². The van der Waals surface area contributed by atoms with Gasteiger partial charge in [-0.1, -0.05) is 24.8 Å². The highest BCUT2D eigenvalue weighted by atomic mass is 32.1. The van der Waals surface area contributed by atoms with Crippen molar-refractivity contribution in [3.8, 4) is 5.75 Å². The van der Waals surface area contributed by atoms with Crippen LogP contribution in [0, 0.1) is 5.92 Å². The number of rotatable bonds is 3. The Labute approximate surface area is 167 Å². The lowest BCUT2D eigenvalue weighted by Gasteiger charge is -2.39. The van der Waals surface area contributed by atoms with Crippen LogP contribution in [-0.4, -0.2) is 24.0 Å². The number of methoxy groups -OCH3 is 1. The lowest BCUT2D eigenvalue weighted by atomic mass is 9.69. The summed E-state index contributed by atoms with van der Waals surface area (Å²) < 4.78 is 5.00. The van der Waals surface area contributed by atoms with Gasteiger partial charge in [0.25, 0.3) is 0 Å². The smallest absolute Gasteiger partial charge is 0.315 e. The second-order valence-corrected chi connectivity index (χ2v) is 8.14. The molecule has 2 N–H and O–H groups in total. The third-order valence-electron chi connectivity index (χ3n) is 5.47. The van der Waals surface area contributed by atoms with Crippen LogP contribution in [0.1, 0.15) is 35.1 Å². The van der Waals surface area contributed by atoms with Crippen LogP contribution in [0.25, 0.3) is 0 Å². The van der Waals surface area contributed by atoms with Crippen molar-refractivity contribution in [1.29, 1.82) is 0 Å². The van der Waals surface area contributed by atoms with E-state index in [0.29, 0.717) is 29.7 Å². The number of carbonyl (C=O) groups excluding carboxylic acids is 2. The highest BCUT2D eigenvalue weighted by Gasteiger charge is 2.45. The molecule has 2 heterocycles. The van der Waals surface area contributed by atoms with E-state index in [1.165, 1.54) is 12.0 Å². The van der Waals surface area contributed by atoms with E-state index >= 15 is 0 Å². The van der Waals surface area contributed by atoms with Crippen LogP contribution in [0.5, 0.6) is 5.75 Å². The highest BCUT2D eigenvalue weighted by molar-refractivity contribution is 7.10. The highest BCUT2D eigenvalue weighted by Crippen LogP contribution is 2.47. The Balaban J connectivity index is 1.83. The summed E-state index contributed by atoms with van der Waals surface area (Å²) in [5, 5.41) is 15.2. The monoisotopic (exact) mass is 395 g/mol. The molecule has 0 saturated heterocycles. The van der Waals surface area contributed by atoms with Gasteiger partial charge in [0.2, 0.25) is 0 Å². The zero-order valence-corrected chi connectivity index (χ0v) is 16.3. The van der Waals surface area contributed by atoms with Gasteiger partial charge in [0.1, 0.15) is 11.7 Å². The van der Waals surface area contributed by atoms with Crippen molar-refractivity contribution in [3.63, 3.8) is 0 Å². The predicted octanol–water partition coefficient (Wildman–Crippen LogP) is 3.84. The number of carbonyl (C=O) groups is 2. The maximum Gasteiger partial charge on any atom is 0.315 e. The minimum atomic E-state index is -0.729. The van der Waals surface area contributed by atoms with Crippen LogP contribution in [0.3, 0.4) is 0 Å². The second-order valence-electron chi connectivity index (χ2n) is 7.16. The maximum absolute atomic E-state index is 13.2. The largest absolute Gasteiger partial charge is 0.508 e. The zero-order valence-electron chi connectivity index (χ0n) is 15.5. The molecule has 0 bridgehead atoms. The first-order chi connectivity index (χ1) is 13.5. The standard InChI is InChI=1S/C22H21NO4S/c1-12-19(22(26)27-2)20(13-5-3-6-15(24)9-13)21-16(23-12)10-14(11-17(21)25)18-7-4-8-28-18/h3-9,14,19-20,23-24H,1,10-11H2,2H3. The molecule has 6 heteroatoms. The van der Waals surface area contributed by atoms with Crippen LogP contribution >= 0.6 is 11.3 Å². The number of ether oxygens (including phenoxy) is 1. The molecule has 144 valence electrons. The molecular weight excluding hydrogens is 374 g/mol. The molecule has 5 nitrogen and oxygen atoms in total. The molecule has 0 spiro atoms. The van der Waals surface area contributed by atoms with Gasteiger partial charge >= 0.3 is 5.97 Å². The van der Waals surface area contributed by atoms with Crippen LogP contribution in [0.4, 0.5) is 0 Å². The van der Waals surface area contributed by atoms with Gasteiger partial charge in [-0.05, 0) is 35.6 Å². The van der Waals surface area contributed by atoms with E-state index in [1.54, 1.807) is 29.5 Å². The zero-order chi connectivity index (χ0) is 19.8. The van der Waals surface area contributed by atoms with Crippen LogP contribution in [0.15, 0.2) is 65.3 Å². The van der Waals surface area contributed by atoms with Gasteiger partial charge in [-0.15, -0.1) is 11.3 Å². The van der Waals surface area contributed by atoms with E-state index in [0.717, 1.165) is 5.70 Å². The number of phenols is 1. The molecule has 3 unspecified atom stereocenters. The van der Waals surface area contributed by atoms with Crippen LogP contribution in [0.2, 0.25) is 0 Å². The molecular formula is C22H21NO4S. The van der Waals surface area contributed by atoms with Gasteiger partial charge in [-0.2, -0.15) is 0 Å². The van der Waals surface area contributed by atoms with Gasteiger partial charge in [0, 0.05) is 40.1 Å². The van der Waals surface area contributed by atoms with Crippen LogP contribution in [-0.2, 0) is 14.3 Å². The number of allylic oxidation sites excluding steroid dienone is 2. The Bertz CT molecular complexity index is 976. The summed E-state index contributed by atoms with van der Waals surface area (Å²) in [6.45, 7) is 4.05. The van der Waals surface area contributed by atoms with Gasteiger partial charge in [0.15, 0.2) is 5.78 Å². The number of thiophene rings is 1. The summed E-state index contributed by atoms with van der Waals surface area (Å²) >= 11 is 1.65. The van der Waals surface area contributed by atoms with Gasteiger partial charge in [0.05, 0.1) is 7.11 Å². The van der Waals surface area contributed by atoms with E-state index in [4.69, 9.17) is 4.74 Å². The molecule has 0 fully saturated rings. The number of benzene rings is 1. The first kappa shape index (κ1) is 18.5. The first-order valence-corrected chi connectivity index (χ1v) is 9.99. The molecule has 2 aromatic rings. The molecule has 1 aromatic carbocycles. The maximum atomic E-state index is 13.2. The minimum Gasteiger partial charge on any atom is -0.508 e. The Kier molecular flexibility index (Phi) is 4.81. The predicted molar refractivity (Wildman–Crippen MR) is 107 cm³/mol. The van der Waals surface area contributed by atoms with Crippen molar-refractivity contribution >= 4 is 23.1 Å². The summed E-state index contributed by atoms with van der Waals surface area (Å²) in [6.07, 6.45) is 1.08. The molecule has 3 atom stereocenters. The average Bonchev–Trinajstić information content (AvgIpc) is 3.21. The van der Waals surface area contributed by atoms with Crippen molar-refractivity contribution < 1.29 is 19.4 Å². The van der Waals surface area contributed by atoms with E-state index in [1.807, 2.05) is 17.5 Å². The number of hydrogen-bond acceptors (Lipinski definition) is 6. The second kappa shape index (κ2) is 7.28. The Morgan fingerprint density at radius 3 is 2.79 bits per heavy atom. The fraction of sp³-hybridized carbons (Fsp3) is 0.273. The third kappa shape index (κ3) is 3.14. The Morgan fingerprint density at radius 2 is 2.11 bits per heavy atom. The first-order valence-electron chi connectivity index (χ1n) is 9.11. The lowest BCUT2D eigenvalue weighted by molar-refractivity contribution is -0.144. The summed E-state index contributed by atoms with van der Waals surface area (Å²) in [4.78, 5) is 27.0. The molecule has 1 aliphatic heterocycles. The minimum absolute atomic E-state index is 0.0156. The number of phenolic OH excluding ortho intramolecular Hbond substituents is 1. The van der Waals surface area contributed by atoms with E-state index in [2.05, 4.69) is 18.0 Å². The van der Waals surface area contributed by atoms with Crippen molar-refractivity contribution in [1.82, 2.24) is 5.32 Å². The number of aromatic hydroxyl groups is 1. The number of Topliss-reactive ketones (excluding diaryl/α,β-unsaturated/α-hetero) is 1. The number of hydrogen-bond donors (Lipinski definition) is 2. The summed E-state index contributed by atoms with van der Waals surface area (Å²) in [7, 11) is 1.33. The molecule has 0 amide bonds. The van der Waals surface area contributed by atoms with Crippen molar-refractivity contribution in [2.75, 3.05) is 7.11 Å². The summed E-state index contributed by atoms with van der Waals surface area (Å²) in [5.41, 5.74) is 2.63. The quantitative estimate of drug-likeness (QED) is 0.772. The van der Waals surface area contributed by atoms with E-state index < -0.39 is 17.8 Å². The van der Waals surface area contributed by atoms with Gasteiger partial charge in [-0.3, -0.25) is 9.59 Å². The molecule has 4 rings (SSSR count). The van der Waals surface area contributed by atoms with Crippen molar-refractivity contribution in [3.05, 3.63) is 75.8 Å². The summed E-state index contributed by atoms with van der Waals surface area (Å²) in [6, 6.07) is 10.7. The number of nitrogens with one attached hydrogen (secondary N) is 1. The molecule has 1 aromatic heterocycles. The summed E-state index contributed by atoms with van der Waals surface area (Å²) in [5.74, 6) is -1.49. The Hall–Kier alpha value is -2.86. The molecule has 28 heavy (non-hydrogen) atoms. The molecule has 1 aliphatic carbocycles. The van der Waals surface area contributed by atoms with Crippen molar-refractivity contribution in [2.24, 2.45) is 5.92 Å². The number of esters is 1. The Morgan fingerprint density at radius 1 is 1.29 bits per heavy atom. The van der Waals surface area contributed by atoms with E-state index in [9.17, 15) is 14.7 Å². The third-order valence-corrected chi connectivity index (χ3v) is 6.50. The average molecular weight is 395 g/mol. The SMILES string of the molecule is C=C1NC2=C(C(=O)CC(c3cccs3)C2)C(c2cccc(O)c2)C1C(=O)OC. The molecule has 2 aliphatic rings. The van der Waals surface area contributed by atoms with Crippen molar-refractivity contribution in [2.45, 2.75) is 24.7 Å². The van der Waals surface area contributed by atoms with E-state index in [-0.39, 0.29) is 17.5 Å². The molecule has 0 saturated carbocycles. The fourth-order valence-corrected chi connectivity index (χ4v) is 5.09. The van der Waals surface area contributed by atoms with Gasteiger partial charge in [-0.25, -0.2) is 0 Å². The van der Waals surface area contributed by atoms with Crippen LogP contribution < -0.4 is 5.32 Å². The number of ketones is 1. The normalized spacial score (nSPS) is 24.5. The topological polar surface area (TPSA) is 75.6 Å². The fourth-order valence-electron chi connectivity index (χ4n) is 4.26. The molecule has 0 radical (unpaired) electrons. The lowest BCUT2D eigenvalue weighted by Crippen LogP contribution is -2.41.